The van der Waals surface area contributed by atoms with Gasteiger partial charge in [0.15, 0.2) is 0 Å². The second-order valence-corrected chi connectivity index (χ2v) is 5.65. The molecule has 2 aromatic rings. The number of hydrogen-bond acceptors (Lipinski definition) is 2. The van der Waals surface area contributed by atoms with Gasteiger partial charge in [0.25, 0.3) is 0 Å². The molecule has 0 saturated heterocycles. The summed E-state index contributed by atoms with van der Waals surface area (Å²) in [5.74, 6) is 1.18. The first-order valence-electron chi connectivity index (χ1n) is 6.90. The molecule has 0 bridgehead atoms. The monoisotopic (exact) mass is 255 g/mol. The fourth-order valence-electron chi connectivity index (χ4n) is 3.18. The van der Waals surface area contributed by atoms with E-state index < -0.39 is 0 Å². The lowest BCUT2D eigenvalue weighted by Gasteiger charge is -2.12. The van der Waals surface area contributed by atoms with E-state index in [-0.39, 0.29) is 6.04 Å². The molecule has 1 aliphatic carbocycles. The Morgan fingerprint density at radius 3 is 2.53 bits per heavy atom. The summed E-state index contributed by atoms with van der Waals surface area (Å²) in [5, 5.41) is 4.48. The van der Waals surface area contributed by atoms with Gasteiger partial charge in [-0.1, -0.05) is 30.3 Å². The molecule has 1 fully saturated rings. The summed E-state index contributed by atoms with van der Waals surface area (Å²) in [4.78, 5) is 0. The highest BCUT2D eigenvalue weighted by Gasteiger charge is 2.44. The van der Waals surface area contributed by atoms with Crippen LogP contribution in [-0.4, -0.2) is 9.78 Å². The van der Waals surface area contributed by atoms with Crippen LogP contribution in [0.1, 0.15) is 40.9 Å². The van der Waals surface area contributed by atoms with E-state index in [1.807, 2.05) is 11.7 Å². The Labute approximate surface area is 114 Å². The average molecular weight is 255 g/mol. The Morgan fingerprint density at radius 2 is 1.95 bits per heavy atom. The van der Waals surface area contributed by atoms with Gasteiger partial charge in [0.1, 0.15) is 0 Å². The lowest BCUT2D eigenvalue weighted by molar-refractivity contribution is 0.607. The fourth-order valence-corrected chi connectivity index (χ4v) is 3.18. The van der Waals surface area contributed by atoms with Gasteiger partial charge in [-0.25, -0.2) is 0 Å². The number of benzene rings is 1. The maximum Gasteiger partial charge on any atom is 0.0644 e. The van der Waals surface area contributed by atoms with Crippen molar-refractivity contribution in [1.29, 1.82) is 0 Å². The lowest BCUT2D eigenvalue weighted by atomic mass is 9.98. The summed E-state index contributed by atoms with van der Waals surface area (Å²) < 4.78 is 1.93. The first-order valence-corrected chi connectivity index (χ1v) is 6.90. The molecule has 19 heavy (non-hydrogen) atoms. The third kappa shape index (κ3) is 2.08. The lowest BCUT2D eigenvalue weighted by Crippen LogP contribution is -2.15. The predicted molar refractivity (Wildman–Crippen MR) is 76.9 cm³/mol. The molecule has 1 aliphatic rings. The largest absolute Gasteiger partial charge is 0.324 e. The van der Waals surface area contributed by atoms with E-state index >= 15 is 0 Å². The van der Waals surface area contributed by atoms with Crippen molar-refractivity contribution in [1.82, 2.24) is 9.78 Å². The predicted octanol–water partition coefficient (Wildman–Crippen LogP) is 2.84. The molecular formula is C16H21N3. The van der Waals surface area contributed by atoms with Crippen LogP contribution < -0.4 is 5.73 Å². The van der Waals surface area contributed by atoms with Gasteiger partial charge in [-0.2, -0.15) is 5.10 Å². The molecule has 1 heterocycles. The first kappa shape index (κ1) is 12.4. The van der Waals surface area contributed by atoms with Gasteiger partial charge in [-0.3, -0.25) is 4.68 Å². The zero-order valence-corrected chi connectivity index (χ0v) is 11.8. The molecule has 3 unspecified atom stereocenters. The summed E-state index contributed by atoms with van der Waals surface area (Å²) in [6.45, 7) is 4.16. The Hall–Kier alpha value is -1.61. The number of aryl methyl sites for hydroxylation is 2. The smallest absolute Gasteiger partial charge is 0.0644 e. The molecule has 2 N–H and O–H groups in total. The van der Waals surface area contributed by atoms with Crippen molar-refractivity contribution in [3.05, 3.63) is 52.8 Å². The molecule has 1 saturated carbocycles. The Balaban J connectivity index is 1.82. The number of hydrogen-bond donors (Lipinski definition) is 1. The SMILES string of the molecule is Cc1nn(C)c(C)c1C(N)C1CC1c1ccccc1. The molecule has 1 aromatic heterocycles. The molecule has 0 spiro atoms. The Kier molecular flexibility index (Phi) is 2.94. The summed E-state index contributed by atoms with van der Waals surface area (Å²) in [6.07, 6.45) is 1.19. The number of aromatic nitrogens is 2. The molecule has 0 radical (unpaired) electrons. The van der Waals surface area contributed by atoms with Crippen molar-refractivity contribution >= 4 is 0 Å². The summed E-state index contributed by atoms with van der Waals surface area (Å²) >= 11 is 0. The van der Waals surface area contributed by atoms with Crippen molar-refractivity contribution in [3.8, 4) is 0 Å². The first-order chi connectivity index (χ1) is 9.09. The zero-order chi connectivity index (χ0) is 13.6. The van der Waals surface area contributed by atoms with E-state index in [9.17, 15) is 0 Å². The van der Waals surface area contributed by atoms with Gasteiger partial charge in [-0.15, -0.1) is 0 Å². The van der Waals surface area contributed by atoms with Crippen molar-refractivity contribution in [3.63, 3.8) is 0 Å². The molecule has 100 valence electrons. The van der Waals surface area contributed by atoms with Crippen LogP contribution in [0.4, 0.5) is 0 Å². The normalized spacial score (nSPS) is 23.4. The topological polar surface area (TPSA) is 43.8 Å². The molecular weight excluding hydrogens is 234 g/mol. The molecule has 3 nitrogen and oxygen atoms in total. The number of nitrogens with two attached hydrogens (primary N) is 1. The molecule has 0 amide bonds. The highest BCUT2D eigenvalue weighted by Crippen LogP contribution is 2.53. The highest BCUT2D eigenvalue weighted by molar-refractivity contribution is 5.34. The van der Waals surface area contributed by atoms with E-state index in [4.69, 9.17) is 5.73 Å². The maximum absolute atomic E-state index is 6.49. The molecule has 3 heteroatoms. The van der Waals surface area contributed by atoms with Crippen LogP contribution in [0.3, 0.4) is 0 Å². The van der Waals surface area contributed by atoms with Crippen LogP contribution in [0.15, 0.2) is 30.3 Å². The van der Waals surface area contributed by atoms with Crippen LogP contribution in [0.5, 0.6) is 0 Å². The third-order valence-electron chi connectivity index (χ3n) is 4.43. The van der Waals surface area contributed by atoms with Crippen molar-refractivity contribution in [2.45, 2.75) is 32.2 Å². The van der Waals surface area contributed by atoms with Crippen molar-refractivity contribution in [2.75, 3.05) is 0 Å². The van der Waals surface area contributed by atoms with Crippen LogP contribution in [-0.2, 0) is 7.05 Å². The van der Waals surface area contributed by atoms with E-state index in [0.29, 0.717) is 11.8 Å². The van der Waals surface area contributed by atoms with Gasteiger partial charge in [0, 0.05) is 24.3 Å². The second kappa shape index (κ2) is 4.49. The fraction of sp³-hybridized carbons (Fsp3) is 0.438. The van der Waals surface area contributed by atoms with Gasteiger partial charge >= 0.3 is 0 Å². The minimum atomic E-state index is 0.110. The minimum Gasteiger partial charge on any atom is -0.324 e. The third-order valence-corrected chi connectivity index (χ3v) is 4.43. The van der Waals surface area contributed by atoms with Gasteiger partial charge < -0.3 is 5.73 Å². The van der Waals surface area contributed by atoms with Gasteiger partial charge in [0.05, 0.1) is 5.69 Å². The standard InChI is InChI=1S/C16H21N3/c1-10-15(11(2)19(3)18-10)16(17)14-9-13(14)12-7-5-4-6-8-12/h4-8,13-14,16H,9,17H2,1-3H3. The summed E-state index contributed by atoms with van der Waals surface area (Å²) in [6, 6.07) is 10.8. The number of rotatable bonds is 3. The maximum atomic E-state index is 6.49. The second-order valence-electron chi connectivity index (χ2n) is 5.65. The van der Waals surface area contributed by atoms with Gasteiger partial charge in [-0.05, 0) is 37.7 Å². The number of nitrogens with zero attached hydrogens (tertiary/aromatic N) is 2. The van der Waals surface area contributed by atoms with E-state index in [1.165, 1.54) is 23.2 Å². The van der Waals surface area contributed by atoms with Gasteiger partial charge in [0.2, 0.25) is 0 Å². The average Bonchev–Trinajstić information content (AvgIpc) is 3.15. The minimum absolute atomic E-state index is 0.110. The Bertz CT molecular complexity index is 586. The van der Waals surface area contributed by atoms with E-state index in [1.54, 1.807) is 0 Å². The Morgan fingerprint density at radius 1 is 1.26 bits per heavy atom. The molecule has 1 aromatic carbocycles. The van der Waals surface area contributed by atoms with Crippen molar-refractivity contribution in [2.24, 2.45) is 18.7 Å². The molecule has 0 aliphatic heterocycles. The van der Waals surface area contributed by atoms with Crippen LogP contribution in [0.2, 0.25) is 0 Å². The summed E-state index contributed by atoms with van der Waals surface area (Å²) in [5.41, 5.74) is 11.4. The van der Waals surface area contributed by atoms with Crippen LogP contribution >= 0.6 is 0 Å². The molecule has 3 rings (SSSR count). The quantitative estimate of drug-likeness (QED) is 0.916. The van der Waals surface area contributed by atoms with Crippen LogP contribution in [0.25, 0.3) is 0 Å². The van der Waals surface area contributed by atoms with E-state index in [2.05, 4.69) is 49.3 Å². The summed E-state index contributed by atoms with van der Waals surface area (Å²) in [7, 11) is 1.99. The van der Waals surface area contributed by atoms with E-state index in [0.717, 1.165) is 5.69 Å². The zero-order valence-electron chi connectivity index (χ0n) is 11.8. The van der Waals surface area contributed by atoms with Crippen molar-refractivity contribution < 1.29 is 0 Å². The van der Waals surface area contributed by atoms with Crippen LogP contribution in [0, 0.1) is 19.8 Å². The highest BCUT2D eigenvalue weighted by atomic mass is 15.3. The molecule has 3 atom stereocenters.